The maximum atomic E-state index is 11.5. The molecule has 0 saturated heterocycles. The maximum absolute atomic E-state index is 11.5. The summed E-state index contributed by atoms with van der Waals surface area (Å²) in [5.74, 6) is 4.77. The molecule has 0 spiro atoms. The van der Waals surface area contributed by atoms with E-state index in [-0.39, 0.29) is 6.54 Å². The number of anilines is 1. The number of nitrogens with one attached hydrogen (secondary N) is 2. The van der Waals surface area contributed by atoms with E-state index in [0.29, 0.717) is 11.3 Å². The van der Waals surface area contributed by atoms with Crippen LogP contribution in [0.1, 0.15) is 33.3 Å². The first-order chi connectivity index (χ1) is 10.7. The molecule has 1 aromatic rings. The van der Waals surface area contributed by atoms with Gasteiger partial charge in [-0.15, -0.1) is 0 Å². The topological polar surface area (TPSA) is 87.7 Å². The zero-order chi connectivity index (χ0) is 17.5. The van der Waals surface area contributed by atoms with Gasteiger partial charge in [0.15, 0.2) is 0 Å². The Morgan fingerprint density at radius 2 is 1.96 bits per heavy atom. The van der Waals surface area contributed by atoms with Gasteiger partial charge in [-0.05, 0) is 39.8 Å². The smallest absolute Gasteiger partial charge is 0.408 e. The summed E-state index contributed by atoms with van der Waals surface area (Å²) in [4.78, 5) is 22.4. The number of amides is 1. The minimum Gasteiger partial charge on any atom is -0.480 e. The molecule has 1 aromatic carbocycles. The van der Waals surface area contributed by atoms with E-state index in [1.807, 2.05) is 6.07 Å². The second kappa shape index (κ2) is 8.08. The van der Waals surface area contributed by atoms with Crippen LogP contribution in [-0.2, 0) is 9.53 Å². The average molecular weight is 318 g/mol. The van der Waals surface area contributed by atoms with Crippen molar-refractivity contribution in [2.45, 2.75) is 39.3 Å². The predicted molar refractivity (Wildman–Crippen MR) is 88.3 cm³/mol. The molecule has 0 radical (unpaired) electrons. The van der Waals surface area contributed by atoms with Crippen molar-refractivity contribution in [3.8, 4) is 11.8 Å². The molecule has 0 saturated carbocycles. The number of aliphatic carboxylic acids is 1. The number of alkyl carbamates (subject to hydrolysis) is 1. The third-order valence-corrected chi connectivity index (χ3v) is 2.61. The third-order valence-electron chi connectivity index (χ3n) is 2.61. The Morgan fingerprint density at radius 1 is 1.30 bits per heavy atom. The van der Waals surface area contributed by atoms with Gasteiger partial charge in [0.1, 0.15) is 11.6 Å². The lowest BCUT2D eigenvalue weighted by atomic mass is 10.1. The molecule has 0 aromatic heterocycles. The van der Waals surface area contributed by atoms with E-state index in [4.69, 9.17) is 9.84 Å². The zero-order valence-electron chi connectivity index (χ0n) is 13.8. The molecular formula is C17H22N2O4. The summed E-state index contributed by atoms with van der Waals surface area (Å²) >= 11 is 0. The Labute approximate surface area is 136 Å². The lowest BCUT2D eigenvalue weighted by Gasteiger charge is -2.19. The predicted octanol–water partition coefficient (Wildman–Crippen LogP) is 2.45. The summed E-state index contributed by atoms with van der Waals surface area (Å²) in [5.41, 5.74) is 0.736. The van der Waals surface area contributed by atoms with Crippen molar-refractivity contribution in [2.75, 3.05) is 11.9 Å². The van der Waals surface area contributed by atoms with E-state index in [1.54, 1.807) is 45.9 Å². The van der Waals surface area contributed by atoms with Gasteiger partial charge in [-0.2, -0.15) is 0 Å². The number of benzene rings is 1. The number of carboxylic acids is 1. The largest absolute Gasteiger partial charge is 0.480 e. The first kappa shape index (κ1) is 18.4. The van der Waals surface area contributed by atoms with Crippen molar-refractivity contribution in [1.82, 2.24) is 5.32 Å². The number of hydrogen-bond acceptors (Lipinski definition) is 4. The van der Waals surface area contributed by atoms with Crippen LogP contribution in [0.3, 0.4) is 0 Å². The van der Waals surface area contributed by atoms with Gasteiger partial charge in [-0.3, -0.25) is 4.79 Å². The highest BCUT2D eigenvalue weighted by molar-refractivity contribution is 5.77. The molecule has 0 fully saturated rings. The van der Waals surface area contributed by atoms with E-state index in [0.717, 1.165) is 0 Å². The van der Waals surface area contributed by atoms with Crippen LogP contribution in [0, 0.1) is 11.8 Å². The van der Waals surface area contributed by atoms with Gasteiger partial charge in [-0.25, -0.2) is 4.79 Å². The molecule has 124 valence electrons. The lowest BCUT2D eigenvalue weighted by molar-refractivity contribution is -0.137. The second-order valence-electron chi connectivity index (χ2n) is 5.91. The van der Waals surface area contributed by atoms with Crippen molar-refractivity contribution < 1.29 is 19.4 Å². The Balaban J connectivity index is 2.65. The first-order valence-corrected chi connectivity index (χ1v) is 7.23. The number of carboxylic acid groups (broad SMARTS) is 1. The summed E-state index contributed by atoms with van der Waals surface area (Å²) in [5, 5.41) is 14.4. The first-order valence-electron chi connectivity index (χ1n) is 7.23. The number of carbonyl (C=O) groups excluding carboxylic acids is 1. The van der Waals surface area contributed by atoms with Crippen LogP contribution >= 0.6 is 0 Å². The summed E-state index contributed by atoms with van der Waals surface area (Å²) in [6.45, 7) is 7.03. The van der Waals surface area contributed by atoms with Crippen LogP contribution in [0.4, 0.5) is 10.5 Å². The summed E-state index contributed by atoms with van der Waals surface area (Å²) in [7, 11) is 0. The van der Waals surface area contributed by atoms with E-state index >= 15 is 0 Å². The van der Waals surface area contributed by atoms with E-state index in [9.17, 15) is 9.59 Å². The Kier molecular flexibility index (Phi) is 6.46. The number of rotatable bonds is 4. The molecule has 6 nitrogen and oxygen atoms in total. The molecule has 1 atom stereocenters. The van der Waals surface area contributed by atoms with Crippen molar-refractivity contribution in [1.29, 1.82) is 0 Å². The van der Waals surface area contributed by atoms with Gasteiger partial charge in [0.05, 0.1) is 12.2 Å². The van der Waals surface area contributed by atoms with Gasteiger partial charge in [0.2, 0.25) is 0 Å². The number of ether oxygens (including phenoxy) is 1. The van der Waals surface area contributed by atoms with Gasteiger partial charge < -0.3 is 20.5 Å². The number of hydrogen-bond donors (Lipinski definition) is 3. The zero-order valence-corrected chi connectivity index (χ0v) is 13.8. The highest BCUT2D eigenvalue weighted by Crippen LogP contribution is 2.14. The summed E-state index contributed by atoms with van der Waals surface area (Å²) < 4.78 is 5.10. The molecule has 0 aliphatic heterocycles. The standard InChI is InChI=1S/C17H22N2O4/c1-12(15(20)21)19-14-10-6-5-8-13(14)9-7-11-18-16(22)23-17(2,3)4/h5-6,8,10,12,19H,11H2,1-4H3,(H,18,22)(H,20,21)/t12-/m1/s1. The van der Waals surface area contributed by atoms with Gasteiger partial charge in [0.25, 0.3) is 0 Å². The Hall–Kier alpha value is -2.68. The molecule has 23 heavy (non-hydrogen) atoms. The van der Waals surface area contributed by atoms with Gasteiger partial charge in [0, 0.05) is 5.56 Å². The Morgan fingerprint density at radius 3 is 2.57 bits per heavy atom. The van der Waals surface area contributed by atoms with Crippen LogP contribution in [0.15, 0.2) is 24.3 Å². The fourth-order valence-corrected chi connectivity index (χ4v) is 1.58. The highest BCUT2D eigenvalue weighted by atomic mass is 16.6. The molecule has 1 rings (SSSR count). The van der Waals surface area contributed by atoms with Crippen LogP contribution in [-0.4, -0.2) is 35.4 Å². The monoisotopic (exact) mass is 318 g/mol. The third kappa shape index (κ3) is 7.23. The van der Waals surface area contributed by atoms with Crippen LogP contribution in [0.2, 0.25) is 0 Å². The average Bonchev–Trinajstić information content (AvgIpc) is 2.43. The van der Waals surface area contributed by atoms with E-state index in [2.05, 4.69) is 22.5 Å². The molecule has 0 aliphatic carbocycles. The van der Waals surface area contributed by atoms with Crippen LogP contribution < -0.4 is 10.6 Å². The molecule has 0 aliphatic rings. The summed E-state index contributed by atoms with van der Waals surface area (Å²) in [6.07, 6.45) is -0.530. The summed E-state index contributed by atoms with van der Waals surface area (Å²) in [6, 6.07) is 6.41. The van der Waals surface area contributed by atoms with Gasteiger partial charge in [-0.1, -0.05) is 24.0 Å². The minimum absolute atomic E-state index is 0.137. The SMILES string of the molecule is C[C@@H](Nc1ccccc1C#CCNC(=O)OC(C)(C)C)C(=O)O. The van der Waals surface area contributed by atoms with Crippen molar-refractivity contribution in [3.63, 3.8) is 0 Å². The second-order valence-corrected chi connectivity index (χ2v) is 5.91. The molecule has 6 heteroatoms. The Bertz CT molecular complexity index is 623. The number of carbonyl (C=O) groups is 2. The van der Waals surface area contributed by atoms with E-state index < -0.39 is 23.7 Å². The fourth-order valence-electron chi connectivity index (χ4n) is 1.58. The molecule has 3 N–H and O–H groups in total. The lowest BCUT2D eigenvalue weighted by Crippen LogP contribution is -2.32. The van der Waals surface area contributed by atoms with Crippen LogP contribution in [0.25, 0.3) is 0 Å². The minimum atomic E-state index is -0.945. The molecule has 0 unspecified atom stereocenters. The van der Waals surface area contributed by atoms with E-state index in [1.165, 1.54) is 0 Å². The number of para-hydroxylation sites is 1. The quantitative estimate of drug-likeness (QED) is 0.742. The molecular weight excluding hydrogens is 296 g/mol. The highest BCUT2D eigenvalue weighted by Gasteiger charge is 2.15. The molecule has 0 heterocycles. The molecule has 0 bridgehead atoms. The van der Waals surface area contributed by atoms with Crippen molar-refractivity contribution in [3.05, 3.63) is 29.8 Å². The van der Waals surface area contributed by atoms with Crippen LogP contribution in [0.5, 0.6) is 0 Å². The molecule has 1 amide bonds. The fraction of sp³-hybridized carbons (Fsp3) is 0.412. The normalized spacial score (nSPS) is 11.7. The van der Waals surface area contributed by atoms with Crippen molar-refractivity contribution in [2.24, 2.45) is 0 Å². The van der Waals surface area contributed by atoms with Crippen molar-refractivity contribution >= 4 is 17.7 Å². The van der Waals surface area contributed by atoms with Gasteiger partial charge >= 0.3 is 12.1 Å². The maximum Gasteiger partial charge on any atom is 0.408 e.